The SMILES string of the molecule is CNC(=O)c1cccc(NC(=O)C2C3C=CC(C3)C2C(=O)O)c1C. The van der Waals surface area contributed by atoms with E-state index in [0.717, 1.165) is 0 Å². The highest BCUT2D eigenvalue weighted by atomic mass is 16.4. The van der Waals surface area contributed by atoms with Gasteiger partial charge in [-0.2, -0.15) is 0 Å². The number of anilines is 1. The minimum Gasteiger partial charge on any atom is -0.481 e. The molecule has 0 radical (unpaired) electrons. The van der Waals surface area contributed by atoms with Gasteiger partial charge in [0, 0.05) is 18.3 Å². The maximum atomic E-state index is 12.7. The number of amides is 2. The summed E-state index contributed by atoms with van der Waals surface area (Å²) in [5.74, 6) is -2.79. The van der Waals surface area contributed by atoms with Gasteiger partial charge in [-0.3, -0.25) is 14.4 Å². The van der Waals surface area contributed by atoms with Crippen molar-refractivity contribution in [2.24, 2.45) is 23.7 Å². The van der Waals surface area contributed by atoms with Crippen LogP contribution in [0.1, 0.15) is 22.3 Å². The fourth-order valence-corrected chi connectivity index (χ4v) is 3.88. The van der Waals surface area contributed by atoms with Gasteiger partial charge in [-0.25, -0.2) is 0 Å². The van der Waals surface area contributed by atoms with Crippen molar-refractivity contribution >= 4 is 23.5 Å². The molecule has 0 aromatic heterocycles. The highest BCUT2D eigenvalue weighted by Gasteiger charge is 2.51. The van der Waals surface area contributed by atoms with Gasteiger partial charge < -0.3 is 15.7 Å². The number of aliphatic carboxylic acids is 1. The zero-order valence-electron chi connectivity index (χ0n) is 13.6. The van der Waals surface area contributed by atoms with Crippen molar-refractivity contribution in [2.45, 2.75) is 13.3 Å². The molecule has 2 aliphatic rings. The van der Waals surface area contributed by atoms with Crippen LogP contribution in [0.5, 0.6) is 0 Å². The second-order valence-corrected chi connectivity index (χ2v) is 6.38. The summed E-state index contributed by atoms with van der Waals surface area (Å²) in [6.45, 7) is 1.76. The van der Waals surface area contributed by atoms with E-state index < -0.39 is 17.8 Å². The highest BCUT2D eigenvalue weighted by molar-refractivity contribution is 6.00. The molecule has 2 aliphatic carbocycles. The first kappa shape index (κ1) is 16.2. The van der Waals surface area contributed by atoms with Gasteiger partial charge in [0.15, 0.2) is 0 Å². The molecule has 4 atom stereocenters. The molecule has 6 heteroatoms. The highest BCUT2D eigenvalue weighted by Crippen LogP contribution is 2.48. The third-order valence-corrected chi connectivity index (χ3v) is 5.11. The van der Waals surface area contributed by atoms with Gasteiger partial charge in [-0.05, 0) is 42.9 Å². The Morgan fingerprint density at radius 3 is 2.42 bits per heavy atom. The number of nitrogens with one attached hydrogen (secondary N) is 2. The van der Waals surface area contributed by atoms with Crippen LogP contribution >= 0.6 is 0 Å². The van der Waals surface area contributed by atoms with Gasteiger partial charge in [0.25, 0.3) is 5.91 Å². The molecule has 2 amide bonds. The summed E-state index contributed by atoms with van der Waals surface area (Å²) in [5.41, 5.74) is 1.69. The number of hydrogen-bond donors (Lipinski definition) is 3. The largest absolute Gasteiger partial charge is 0.481 e. The predicted octanol–water partition coefficient (Wildman–Crippen LogP) is 1.82. The van der Waals surface area contributed by atoms with Crippen LogP contribution < -0.4 is 10.6 Å². The fraction of sp³-hybridized carbons (Fsp3) is 0.389. The topological polar surface area (TPSA) is 95.5 Å². The van der Waals surface area contributed by atoms with E-state index in [1.54, 1.807) is 32.2 Å². The lowest BCUT2D eigenvalue weighted by Crippen LogP contribution is -2.36. The van der Waals surface area contributed by atoms with E-state index >= 15 is 0 Å². The normalized spacial score (nSPS) is 27.1. The zero-order chi connectivity index (χ0) is 17.4. The van der Waals surface area contributed by atoms with Gasteiger partial charge in [0.2, 0.25) is 5.91 Å². The molecule has 0 saturated heterocycles. The first-order valence-electron chi connectivity index (χ1n) is 7.97. The quantitative estimate of drug-likeness (QED) is 0.735. The summed E-state index contributed by atoms with van der Waals surface area (Å²) >= 11 is 0. The minimum absolute atomic E-state index is 0.0291. The van der Waals surface area contributed by atoms with Crippen LogP contribution in [0.15, 0.2) is 30.4 Å². The summed E-state index contributed by atoms with van der Waals surface area (Å²) in [6.07, 6.45) is 4.57. The van der Waals surface area contributed by atoms with Crippen LogP contribution in [0.2, 0.25) is 0 Å². The Morgan fingerprint density at radius 2 is 1.79 bits per heavy atom. The molecular formula is C18H20N2O4. The van der Waals surface area contributed by atoms with Crippen molar-refractivity contribution in [3.05, 3.63) is 41.5 Å². The number of carboxylic acids is 1. The molecule has 1 fully saturated rings. The van der Waals surface area contributed by atoms with Crippen molar-refractivity contribution in [2.75, 3.05) is 12.4 Å². The van der Waals surface area contributed by atoms with Crippen LogP contribution in [-0.4, -0.2) is 29.9 Å². The Morgan fingerprint density at radius 1 is 1.12 bits per heavy atom. The molecule has 3 rings (SSSR count). The average molecular weight is 328 g/mol. The molecular weight excluding hydrogens is 308 g/mol. The van der Waals surface area contributed by atoms with Crippen molar-refractivity contribution in [1.29, 1.82) is 0 Å². The molecule has 126 valence electrons. The molecule has 3 N–H and O–H groups in total. The van der Waals surface area contributed by atoms with Gasteiger partial charge in [-0.1, -0.05) is 18.2 Å². The van der Waals surface area contributed by atoms with E-state index in [1.807, 2.05) is 12.2 Å². The lowest BCUT2D eigenvalue weighted by molar-refractivity contribution is -0.146. The lowest BCUT2D eigenvalue weighted by atomic mass is 9.82. The van der Waals surface area contributed by atoms with Crippen LogP contribution in [-0.2, 0) is 9.59 Å². The zero-order valence-corrected chi connectivity index (χ0v) is 13.6. The standard InChI is InChI=1S/C18H20N2O4/c1-9-12(16(21)19-2)4-3-5-13(9)20-17(22)14-10-6-7-11(8-10)15(14)18(23)24/h3-7,10-11,14-15H,8H2,1-2H3,(H,19,21)(H,20,22)(H,23,24). The van der Waals surface area contributed by atoms with E-state index in [1.165, 1.54) is 0 Å². The van der Waals surface area contributed by atoms with Crippen LogP contribution in [0.25, 0.3) is 0 Å². The number of hydrogen-bond acceptors (Lipinski definition) is 3. The number of allylic oxidation sites excluding steroid dienone is 2. The Balaban J connectivity index is 1.84. The van der Waals surface area contributed by atoms with E-state index in [2.05, 4.69) is 10.6 Å². The smallest absolute Gasteiger partial charge is 0.307 e. The van der Waals surface area contributed by atoms with Gasteiger partial charge in [0.05, 0.1) is 11.8 Å². The summed E-state index contributed by atoms with van der Waals surface area (Å²) in [5, 5.41) is 14.8. The van der Waals surface area contributed by atoms with Gasteiger partial charge >= 0.3 is 5.97 Å². The van der Waals surface area contributed by atoms with Crippen LogP contribution in [0, 0.1) is 30.6 Å². The maximum Gasteiger partial charge on any atom is 0.307 e. The Labute approximate surface area is 139 Å². The molecule has 24 heavy (non-hydrogen) atoms. The summed E-state index contributed by atoms with van der Waals surface area (Å²) < 4.78 is 0. The minimum atomic E-state index is -0.928. The van der Waals surface area contributed by atoms with Crippen molar-refractivity contribution < 1.29 is 19.5 Å². The maximum absolute atomic E-state index is 12.7. The molecule has 0 aliphatic heterocycles. The molecule has 0 spiro atoms. The number of carbonyl (C=O) groups excluding carboxylic acids is 2. The molecule has 1 saturated carbocycles. The second-order valence-electron chi connectivity index (χ2n) is 6.38. The Bertz CT molecular complexity index is 741. The van der Waals surface area contributed by atoms with Gasteiger partial charge in [0.1, 0.15) is 0 Å². The monoisotopic (exact) mass is 328 g/mol. The Hall–Kier alpha value is -2.63. The summed E-state index contributed by atoms with van der Waals surface area (Å²) in [4.78, 5) is 36.1. The van der Waals surface area contributed by atoms with Crippen LogP contribution in [0.4, 0.5) is 5.69 Å². The van der Waals surface area contributed by atoms with E-state index in [-0.39, 0.29) is 23.7 Å². The number of carbonyl (C=O) groups is 3. The second kappa shape index (κ2) is 6.11. The molecule has 0 heterocycles. The third-order valence-electron chi connectivity index (χ3n) is 5.11. The van der Waals surface area contributed by atoms with Crippen molar-refractivity contribution in [3.8, 4) is 0 Å². The molecule has 1 aromatic rings. The van der Waals surface area contributed by atoms with E-state index in [4.69, 9.17) is 0 Å². The fourth-order valence-electron chi connectivity index (χ4n) is 3.88. The summed E-state index contributed by atoms with van der Waals surface area (Å²) in [6, 6.07) is 5.10. The number of fused-ring (bicyclic) bond motifs is 2. The molecule has 1 aromatic carbocycles. The summed E-state index contributed by atoms with van der Waals surface area (Å²) in [7, 11) is 1.55. The number of benzene rings is 1. The Kier molecular flexibility index (Phi) is 4.13. The third kappa shape index (κ3) is 2.58. The molecule has 6 nitrogen and oxygen atoms in total. The van der Waals surface area contributed by atoms with E-state index in [0.29, 0.717) is 23.2 Å². The number of carboxylic acid groups (broad SMARTS) is 1. The van der Waals surface area contributed by atoms with Crippen molar-refractivity contribution in [1.82, 2.24) is 5.32 Å². The average Bonchev–Trinajstić information content (AvgIpc) is 3.17. The van der Waals surface area contributed by atoms with Gasteiger partial charge in [-0.15, -0.1) is 0 Å². The molecule has 4 unspecified atom stereocenters. The first-order valence-corrected chi connectivity index (χ1v) is 7.97. The van der Waals surface area contributed by atoms with Crippen LogP contribution in [0.3, 0.4) is 0 Å². The first-order chi connectivity index (χ1) is 11.4. The predicted molar refractivity (Wildman–Crippen MR) is 88.6 cm³/mol. The van der Waals surface area contributed by atoms with Crippen molar-refractivity contribution in [3.63, 3.8) is 0 Å². The van der Waals surface area contributed by atoms with E-state index in [9.17, 15) is 19.5 Å². The molecule has 2 bridgehead atoms. The number of rotatable bonds is 4. The lowest BCUT2D eigenvalue weighted by Gasteiger charge is -2.24.